The van der Waals surface area contributed by atoms with Crippen molar-refractivity contribution in [1.82, 2.24) is 0 Å². The average molecular weight is 476 g/mol. The van der Waals surface area contributed by atoms with Gasteiger partial charge in [-0.3, -0.25) is 0 Å². The SMILES string of the molecule is C=C(CCc1sc2cc(C(F)(F)F)ccc2c1C(C)C)c1cc(C)c(CCC=O)cc1ON. The van der Waals surface area contributed by atoms with Crippen molar-refractivity contribution in [1.29, 1.82) is 0 Å². The van der Waals surface area contributed by atoms with E-state index in [0.29, 0.717) is 36.1 Å². The number of carbonyl (C=O) groups excluding carboxylic acids is 1. The molecular weight excluding hydrogens is 447 g/mol. The van der Waals surface area contributed by atoms with E-state index in [1.54, 1.807) is 6.07 Å². The highest BCUT2D eigenvalue weighted by atomic mass is 32.1. The molecule has 0 fully saturated rings. The second-order valence-corrected chi connectivity index (χ2v) is 9.64. The molecule has 0 amide bonds. The van der Waals surface area contributed by atoms with Crippen LogP contribution in [0.4, 0.5) is 13.2 Å². The first-order valence-corrected chi connectivity index (χ1v) is 11.6. The highest BCUT2D eigenvalue weighted by Crippen LogP contribution is 2.41. The van der Waals surface area contributed by atoms with Gasteiger partial charge < -0.3 is 9.63 Å². The maximum Gasteiger partial charge on any atom is 0.416 e. The van der Waals surface area contributed by atoms with Crippen LogP contribution in [0.5, 0.6) is 5.75 Å². The minimum absolute atomic E-state index is 0.182. The number of alkyl halides is 3. The number of fused-ring (bicyclic) bond motifs is 1. The fourth-order valence-electron chi connectivity index (χ4n) is 4.15. The van der Waals surface area contributed by atoms with Crippen molar-refractivity contribution in [2.45, 2.75) is 58.5 Å². The Balaban J connectivity index is 1.89. The van der Waals surface area contributed by atoms with Gasteiger partial charge in [0.05, 0.1) is 5.56 Å². The van der Waals surface area contributed by atoms with Crippen LogP contribution in [-0.4, -0.2) is 6.29 Å². The quantitative estimate of drug-likeness (QED) is 0.259. The Morgan fingerprint density at radius 1 is 1.21 bits per heavy atom. The lowest BCUT2D eigenvalue weighted by molar-refractivity contribution is -0.137. The lowest BCUT2D eigenvalue weighted by Crippen LogP contribution is -2.06. The molecule has 0 aliphatic carbocycles. The molecule has 0 aliphatic rings. The zero-order valence-corrected chi connectivity index (χ0v) is 19.8. The van der Waals surface area contributed by atoms with Gasteiger partial charge in [0.1, 0.15) is 6.29 Å². The Morgan fingerprint density at radius 3 is 2.55 bits per heavy atom. The molecule has 3 rings (SSSR count). The number of nitrogens with two attached hydrogens (primary N) is 1. The maximum absolute atomic E-state index is 13.2. The van der Waals surface area contributed by atoms with Gasteiger partial charge in [-0.1, -0.05) is 26.5 Å². The summed E-state index contributed by atoms with van der Waals surface area (Å²) in [5.74, 6) is 6.19. The van der Waals surface area contributed by atoms with Gasteiger partial charge in [0.15, 0.2) is 5.75 Å². The first-order valence-electron chi connectivity index (χ1n) is 10.8. The number of benzene rings is 2. The summed E-state index contributed by atoms with van der Waals surface area (Å²) in [5, 5.41) is 0.880. The highest BCUT2D eigenvalue weighted by Gasteiger charge is 2.31. The molecule has 0 spiro atoms. The van der Waals surface area contributed by atoms with E-state index in [4.69, 9.17) is 10.7 Å². The molecular formula is C26H28F3NO2S. The number of thiophene rings is 1. The average Bonchev–Trinajstić information content (AvgIpc) is 3.13. The van der Waals surface area contributed by atoms with Crippen molar-refractivity contribution in [2.75, 3.05) is 0 Å². The fraction of sp³-hybridized carbons (Fsp3) is 0.346. The van der Waals surface area contributed by atoms with Crippen LogP contribution >= 0.6 is 11.3 Å². The van der Waals surface area contributed by atoms with E-state index in [0.717, 1.165) is 50.4 Å². The molecule has 33 heavy (non-hydrogen) atoms. The molecule has 2 aromatic carbocycles. The Bertz CT molecular complexity index is 1180. The topological polar surface area (TPSA) is 52.3 Å². The Morgan fingerprint density at radius 2 is 1.94 bits per heavy atom. The van der Waals surface area contributed by atoms with E-state index in [-0.39, 0.29) is 5.92 Å². The predicted molar refractivity (Wildman–Crippen MR) is 129 cm³/mol. The zero-order chi connectivity index (χ0) is 24.3. The number of hydrogen-bond donors (Lipinski definition) is 1. The van der Waals surface area contributed by atoms with E-state index < -0.39 is 11.7 Å². The zero-order valence-electron chi connectivity index (χ0n) is 19.0. The predicted octanol–water partition coefficient (Wildman–Crippen LogP) is 7.38. The van der Waals surface area contributed by atoms with Crippen molar-refractivity contribution in [3.8, 4) is 5.75 Å². The molecule has 1 heterocycles. The molecule has 0 atom stereocenters. The summed E-state index contributed by atoms with van der Waals surface area (Å²) >= 11 is 1.41. The lowest BCUT2D eigenvalue weighted by atomic mass is 9.93. The molecule has 176 valence electrons. The molecule has 0 saturated heterocycles. The first kappa shape index (κ1) is 25.0. The minimum Gasteiger partial charge on any atom is -0.411 e. The van der Waals surface area contributed by atoms with Gasteiger partial charge >= 0.3 is 6.18 Å². The van der Waals surface area contributed by atoms with Crippen molar-refractivity contribution in [2.24, 2.45) is 5.90 Å². The molecule has 0 radical (unpaired) electrons. The Kier molecular flexibility index (Phi) is 7.65. The summed E-state index contributed by atoms with van der Waals surface area (Å²) in [6.07, 6.45) is -1.18. The highest BCUT2D eigenvalue weighted by molar-refractivity contribution is 7.19. The van der Waals surface area contributed by atoms with Gasteiger partial charge in [-0.25, -0.2) is 0 Å². The molecule has 7 heteroatoms. The monoisotopic (exact) mass is 475 g/mol. The van der Waals surface area contributed by atoms with E-state index in [1.165, 1.54) is 17.4 Å². The summed E-state index contributed by atoms with van der Waals surface area (Å²) in [5.41, 5.74) is 4.12. The van der Waals surface area contributed by atoms with Crippen molar-refractivity contribution < 1.29 is 22.8 Å². The van der Waals surface area contributed by atoms with Gasteiger partial charge in [-0.05, 0) is 84.0 Å². The van der Waals surface area contributed by atoms with E-state index >= 15 is 0 Å². The molecule has 0 aliphatic heterocycles. The van der Waals surface area contributed by atoms with Crippen molar-refractivity contribution >= 4 is 33.3 Å². The van der Waals surface area contributed by atoms with Crippen LogP contribution in [0, 0.1) is 6.92 Å². The third-order valence-corrected chi connectivity index (χ3v) is 7.07. The number of allylic oxidation sites excluding steroid dienone is 1. The van der Waals surface area contributed by atoms with Gasteiger partial charge in [-0.2, -0.15) is 19.1 Å². The van der Waals surface area contributed by atoms with Crippen LogP contribution in [0.1, 0.15) is 65.3 Å². The molecule has 0 saturated carbocycles. The van der Waals surface area contributed by atoms with Gasteiger partial charge in [-0.15, -0.1) is 11.3 Å². The lowest BCUT2D eigenvalue weighted by Gasteiger charge is -2.15. The Labute approximate surface area is 196 Å². The van der Waals surface area contributed by atoms with Crippen LogP contribution in [-0.2, 0) is 23.8 Å². The summed E-state index contributed by atoms with van der Waals surface area (Å²) in [6.45, 7) is 10.3. The Hall–Kier alpha value is -2.64. The smallest absolute Gasteiger partial charge is 0.411 e. The van der Waals surface area contributed by atoms with Crippen molar-refractivity contribution in [3.63, 3.8) is 0 Å². The van der Waals surface area contributed by atoms with Gasteiger partial charge in [0, 0.05) is 21.6 Å². The fourth-order valence-corrected chi connectivity index (χ4v) is 5.55. The first-order chi connectivity index (χ1) is 15.6. The number of aryl methyl sites for hydroxylation is 3. The van der Waals surface area contributed by atoms with Crippen LogP contribution in [0.2, 0.25) is 0 Å². The minimum atomic E-state index is -4.36. The summed E-state index contributed by atoms with van der Waals surface area (Å²) in [6, 6.07) is 7.80. The molecule has 3 aromatic rings. The van der Waals surface area contributed by atoms with Crippen molar-refractivity contribution in [3.05, 3.63) is 69.6 Å². The summed E-state index contributed by atoms with van der Waals surface area (Å²) < 4.78 is 40.2. The molecule has 0 bridgehead atoms. The molecule has 1 aromatic heterocycles. The normalized spacial score (nSPS) is 11.9. The number of rotatable bonds is 9. The maximum atomic E-state index is 13.2. The largest absolute Gasteiger partial charge is 0.416 e. The molecule has 0 unspecified atom stereocenters. The van der Waals surface area contributed by atoms with E-state index in [1.807, 2.05) is 19.1 Å². The van der Waals surface area contributed by atoms with Crippen LogP contribution in [0.25, 0.3) is 15.7 Å². The standard InChI is InChI=1S/C26H28F3NO2S/c1-15(2)25-20-9-8-19(26(27,28)29)14-24(20)33-23(25)10-7-16(3)21-12-17(4)18(6-5-11-31)13-22(21)32-30/h8-9,11-15H,3,5-7,10,30H2,1-2,4H3. The molecule has 2 N–H and O–H groups in total. The third kappa shape index (κ3) is 5.47. The number of hydrogen-bond acceptors (Lipinski definition) is 4. The van der Waals surface area contributed by atoms with Gasteiger partial charge in [0.2, 0.25) is 0 Å². The van der Waals surface area contributed by atoms with Crippen LogP contribution < -0.4 is 10.7 Å². The van der Waals surface area contributed by atoms with E-state index in [9.17, 15) is 18.0 Å². The van der Waals surface area contributed by atoms with Crippen LogP contribution in [0.15, 0.2) is 36.9 Å². The number of halogens is 3. The van der Waals surface area contributed by atoms with Crippen LogP contribution in [0.3, 0.4) is 0 Å². The number of aldehydes is 1. The van der Waals surface area contributed by atoms with E-state index in [2.05, 4.69) is 20.4 Å². The van der Waals surface area contributed by atoms with Gasteiger partial charge in [0.25, 0.3) is 0 Å². The molecule has 3 nitrogen and oxygen atoms in total. The third-order valence-electron chi connectivity index (χ3n) is 5.84. The second-order valence-electron chi connectivity index (χ2n) is 8.50. The second kappa shape index (κ2) is 10.1. The summed E-state index contributed by atoms with van der Waals surface area (Å²) in [4.78, 5) is 16.9. The number of carbonyl (C=O) groups is 1. The summed E-state index contributed by atoms with van der Waals surface area (Å²) in [7, 11) is 0.